The topological polar surface area (TPSA) is 55.4 Å². The van der Waals surface area contributed by atoms with E-state index in [1.165, 1.54) is 5.56 Å². The fourth-order valence-electron chi connectivity index (χ4n) is 2.69. The van der Waals surface area contributed by atoms with Crippen molar-refractivity contribution < 1.29 is 14.3 Å². The molecule has 0 saturated heterocycles. The summed E-state index contributed by atoms with van der Waals surface area (Å²) in [6.45, 7) is 7.33. The van der Waals surface area contributed by atoms with Gasteiger partial charge in [-0.3, -0.25) is 4.79 Å². The number of rotatable bonds is 7. The van der Waals surface area contributed by atoms with Crippen molar-refractivity contribution >= 4 is 11.9 Å². The Morgan fingerprint density at radius 2 is 1.73 bits per heavy atom. The molecular weight excluding hydrogens is 326 g/mol. The van der Waals surface area contributed by atoms with Gasteiger partial charge in [0.15, 0.2) is 6.10 Å². The zero-order valence-electron chi connectivity index (χ0n) is 15.9. The molecule has 0 fully saturated rings. The van der Waals surface area contributed by atoms with Crippen molar-refractivity contribution in [2.24, 2.45) is 0 Å². The van der Waals surface area contributed by atoms with Crippen LogP contribution < -0.4 is 5.32 Å². The van der Waals surface area contributed by atoms with E-state index in [9.17, 15) is 9.59 Å². The van der Waals surface area contributed by atoms with E-state index in [0.29, 0.717) is 5.56 Å². The summed E-state index contributed by atoms with van der Waals surface area (Å²) in [6.07, 6.45) is 0.883. The zero-order chi connectivity index (χ0) is 19.1. The van der Waals surface area contributed by atoms with E-state index in [-0.39, 0.29) is 11.9 Å². The second-order valence-electron chi connectivity index (χ2n) is 6.80. The fraction of sp³-hybridized carbons (Fsp3) is 0.364. The van der Waals surface area contributed by atoms with Gasteiger partial charge in [-0.15, -0.1) is 0 Å². The highest BCUT2D eigenvalue weighted by Gasteiger charge is 2.21. The van der Waals surface area contributed by atoms with Gasteiger partial charge in [-0.05, 0) is 57.7 Å². The number of esters is 1. The normalized spacial score (nSPS) is 12.9. The minimum Gasteiger partial charge on any atom is -0.449 e. The van der Waals surface area contributed by atoms with Crippen molar-refractivity contribution in [3.05, 3.63) is 70.8 Å². The third-order valence-corrected chi connectivity index (χ3v) is 4.36. The first-order valence-electron chi connectivity index (χ1n) is 8.99. The van der Waals surface area contributed by atoms with Crippen molar-refractivity contribution in [3.8, 4) is 0 Å². The molecule has 4 nitrogen and oxygen atoms in total. The van der Waals surface area contributed by atoms with Crippen LogP contribution in [0.25, 0.3) is 0 Å². The van der Waals surface area contributed by atoms with Crippen LogP contribution >= 0.6 is 0 Å². The standard InChI is InChI=1S/C22H27NO3/c1-15-10-11-16(2)20(14-15)22(25)26-18(4)21(24)23-17(3)12-13-19-8-6-5-7-9-19/h5-11,14,17-18H,12-13H2,1-4H3,(H,23,24)/t17-,18+/m0/s1. The van der Waals surface area contributed by atoms with E-state index in [2.05, 4.69) is 17.4 Å². The average Bonchev–Trinajstić information content (AvgIpc) is 2.62. The maximum atomic E-state index is 12.3. The number of nitrogens with one attached hydrogen (secondary N) is 1. The Bertz CT molecular complexity index is 755. The van der Waals surface area contributed by atoms with Crippen LogP contribution in [0.15, 0.2) is 48.5 Å². The van der Waals surface area contributed by atoms with Crippen molar-refractivity contribution in [3.63, 3.8) is 0 Å². The van der Waals surface area contributed by atoms with Crippen LogP contribution in [0.2, 0.25) is 0 Å². The second-order valence-corrected chi connectivity index (χ2v) is 6.80. The Morgan fingerprint density at radius 3 is 2.42 bits per heavy atom. The third kappa shape index (κ3) is 5.73. The monoisotopic (exact) mass is 353 g/mol. The fourth-order valence-corrected chi connectivity index (χ4v) is 2.69. The van der Waals surface area contributed by atoms with Gasteiger partial charge in [0.2, 0.25) is 0 Å². The van der Waals surface area contributed by atoms with Crippen molar-refractivity contribution in [2.75, 3.05) is 0 Å². The van der Waals surface area contributed by atoms with Crippen LogP contribution in [0.5, 0.6) is 0 Å². The Labute approximate surface area is 155 Å². The van der Waals surface area contributed by atoms with Gasteiger partial charge in [-0.2, -0.15) is 0 Å². The Kier molecular flexibility index (Phi) is 6.96. The van der Waals surface area contributed by atoms with E-state index in [1.807, 2.05) is 51.1 Å². The van der Waals surface area contributed by atoms with Crippen molar-refractivity contribution in [1.29, 1.82) is 0 Å². The Morgan fingerprint density at radius 1 is 1.04 bits per heavy atom. The van der Waals surface area contributed by atoms with Gasteiger partial charge in [0, 0.05) is 6.04 Å². The minimum absolute atomic E-state index is 0.00423. The number of hydrogen-bond donors (Lipinski definition) is 1. The maximum absolute atomic E-state index is 12.3. The molecule has 138 valence electrons. The van der Waals surface area contributed by atoms with E-state index in [4.69, 9.17) is 4.74 Å². The van der Waals surface area contributed by atoms with Gasteiger partial charge in [0.05, 0.1) is 5.56 Å². The molecule has 0 bridgehead atoms. The summed E-state index contributed by atoms with van der Waals surface area (Å²) in [5.41, 5.74) is 3.56. The molecule has 0 aliphatic rings. The van der Waals surface area contributed by atoms with Gasteiger partial charge in [-0.25, -0.2) is 4.79 Å². The molecule has 26 heavy (non-hydrogen) atoms. The number of carbonyl (C=O) groups excluding carboxylic acids is 2. The molecule has 2 atom stereocenters. The zero-order valence-corrected chi connectivity index (χ0v) is 15.9. The maximum Gasteiger partial charge on any atom is 0.339 e. The lowest BCUT2D eigenvalue weighted by atomic mass is 10.1. The SMILES string of the molecule is Cc1ccc(C)c(C(=O)O[C@H](C)C(=O)N[C@@H](C)CCc2ccccc2)c1. The molecule has 2 aromatic carbocycles. The molecule has 4 heteroatoms. The van der Waals surface area contributed by atoms with Crippen LogP contribution in [0.1, 0.15) is 47.3 Å². The summed E-state index contributed by atoms with van der Waals surface area (Å²) < 4.78 is 5.35. The van der Waals surface area contributed by atoms with Crippen molar-refractivity contribution in [2.45, 2.75) is 52.7 Å². The molecule has 0 aromatic heterocycles. The first-order valence-corrected chi connectivity index (χ1v) is 8.99. The number of carbonyl (C=O) groups is 2. The Balaban J connectivity index is 1.84. The molecule has 2 rings (SSSR count). The smallest absolute Gasteiger partial charge is 0.339 e. The molecule has 1 N–H and O–H groups in total. The minimum atomic E-state index is -0.832. The highest BCUT2D eigenvalue weighted by atomic mass is 16.5. The first-order chi connectivity index (χ1) is 12.4. The first kappa shape index (κ1) is 19.7. The third-order valence-electron chi connectivity index (χ3n) is 4.36. The van der Waals surface area contributed by atoms with E-state index in [1.54, 1.807) is 13.0 Å². The molecule has 0 heterocycles. The molecule has 0 saturated carbocycles. The lowest BCUT2D eigenvalue weighted by molar-refractivity contribution is -0.129. The lowest BCUT2D eigenvalue weighted by Crippen LogP contribution is -2.41. The predicted molar refractivity (Wildman–Crippen MR) is 103 cm³/mol. The molecule has 0 spiro atoms. The van der Waals surface area contributed by atoms with Gasteiger partial charge >= 0.3 is 5.97 Å². The number of aryl methyl sites for hydroxylation is 3. The van der Waals surface area contributed by atoms with Crippen LogP contribution in [0.4, 0.5) is 0 Å². The molecular formula is C22H27NO3. The second kappa shape index (κ2) is 9.18. The van der Waals surface area contributed by atoms with E-state index < -0.39 is 12.1 Å². The van der Waals surface area contributed by atoms with Crippen LogP contribution in [-0.4, -0.2) is 24.0 Å². The highest BCUT2D eigenvalue weighted by molar-refractivity contribution is 5.93. The number of benzene rings is 2. The summed E-state index contributed by atoms with van der Waals surface area (Å²) in [6, 6.07) is 15.8. The van der Waals surface area contributed by atoms with Gasteiger partial charge in [0.1, 0.15) is 0 Å². The molecule has 0 aliphatic heterocycles. The summed E-state index contributed by atoms with van der Waals surface area (Å²) in [5, 5.41) is 2.92. The number of amides is 1. The summed E-state index contributed by atoms with van der Waals surface area (Å²) in [4.78, 5) is 24.6. The Hall–Kier alpha value is -2.62. The van der Waals surface area contributed by atoms with Gasteiger partial charge < -0.3 is 10.1 Å². The molecule has 0 unspecified atom stereocenters. The quantitative estimate of drug-likeness (QED) is 0.766. The number of hydrogen-bond acceptors (Lipinski definition) is 3. The largest absolute Gasteiger partial charge is 0.449 e. The molecule has 2 aromatic rings. The van der Waals surface area contributed by atoms with Gasteiger partial charge in [-0.1, -0.05) is 48.0 Å². The van der Waals surface area contributed by atoms with E-state index >= 15 is 0 Å². The van der Waals surface area contributed by atoms with Crippen LogP contribution in [0, 0.1) is 13.8 Å². The van der Waals surface area contributed by atoms with Crippen LogP contribution in [0.3, 0.4) is 0 Å². The lowest BCUT2D eigenvalue weighted by Gasteiger charge is -2.18. The molecule has 1 amide bonds. The molecule has 0 aliphatic carbocycles. The van der Waals surface area contributed by atoms with E-state index in [0.717, 1.165) is 24.0 Å². The van der Waals surface area contributed by atoms with Crippen molar-refractivity contribution in [1.82, 2.24) is 5.32 Å². The van der Waals surface area contributed by atoms with Gasteiger partial charge in [0.25, 0.3) is 5.91 Å². The predicted octanol–water partition coefficient (Wildman–Crippen LogP) is 3.99. The summed E-state index contributed by atoms with van der Waals surface area (Å²) in [5.74, 6) is -0.741. The summed E-state index contributed by atoms with van der Waals surface area (Å²) >= 11 is 0. The average molecular weight is 353 g/mol. The van der Waals surface area contributed by atoms with Crippen LogP contribution in [-0.2, 0) is 16.0 Å². The summed E-state index contributed by atoms with van der Waals surface area (Å²) in [7, 11) is 0. The molecule has 0 radical (unpaired) electrons. The highest BCUT2D eigenvalue weighted by Crippen LogP contribution is 2.13. The number of ether oxygens (including phenoxy) is 1.